The second-order valence-electron chi connectivity index (χ2n) is 5.42. The summed E-state index contributed by atoms with van der Waals surface area (Å²) < 4.78 is 12.6. The molecule has 1 amide bonds. The average molecular weight is 356 g/mol. The molecule has 126 valence electrons. The van der Waals surface area contributed by atoms with Crippen molar-refractivity contribution in [3.63, 3.8) is 0 Å². The number of hydrogen-bond donors (Lipinski definition) is 1. The van der Waals surface area contributed by atoms with Gasteiger partial charge in [0, 0.05) is 17.8 Å². The Labute approximate surface area is 148 Å². The van der Waals surface area contributed by atoms with Crippen LogP contribution in [0.5, 0.6) is 11.5 Å². The number of anilines is 1. The van der Waals surface area contributed by atoms with E-state index in [1.54, 1.807) is 29.1 Å². The highest BCUT2D eigenvalue weighted by atomic mass is 35.5. The van der Waals surface area contributed by atoms with Gasteiger partial charge >= 0.3 is 0 Å². The third kappa shape index (κ3) is 3.16. The number of aromatic nitrogens is 2. The van der Waals surface area contributed by atoms with Crippen LogP contribution in [0.2, 0.25) is 5.02 Å². The third-order valence-corrected chi connectivity index (χ3v) is 3.99. The zero-order chi connectivity index (χ0) is 17.2. The molecular weight excluding hydrogens is 342 g/mol. The van der Waals surface area contributed by atoms with Crippen LogP contribution in [-0.4, -0.2) is 28.9 Å². The van der Waals surface area contributed by atoms with Gasteiger partial charge in [0.2, 0.25) is 0 Å². The van der Waals surface area contributed by atoms with Crippen molar-refractivity contribution in [3.05, 3.63) is 65.3 Å². The van der Waals surface area contributed by atoms with Gasteiger partial charge in [-0.3, -0.25) is 4.79 Å². The van der Waals surface area contributed by atoms with E-state index >= 15 is 0 Å². The van der Waals surface area contributed by atoms with E-state index in [-0.39, 0.29) is 5.91 Å². The Morgan fingerprint density at radius 2 is 1.92 bits per heavy atom. The number of carbonyl (C=O) groups excluding carboxylic acids is 1. The minimum absolute atomic E-state index is 0.322. The van der Waals surface area contributed by atoms with Crippen molar-refractivity contribution >= 4 is 23.3 Å². The lowest BCUT2D eigenvalue weighted by Gasteiger charge is -2.20. The number of nitrogens with zero attached hydrogens (tertiary/aromatic N) is 2. The maximum atomic E-state index is 12.5. The maximum Gasteiger partial charge on any atom is 0.257 e. The summed E-state index contributed by atoms with van der Waals surface area (Å²) in [5.41, 5.74) is 1.29. The summed E-state index contributed by atoms with van der Waals surface area (Å²) in [6.45, 7) is 0.866. The van der Waals surface area contributed by atoms with Crippen LogP contribution in [-0.2, 0) is 0 Å². The molecule has 4 rings (SSSR count). The van der Waals surface area contributed by atoms with E-state index in [4.69, 9.17) is 21.1 Å². The van der Waals surface area contributed by atoms with Gasteiger partial charge in [-0.25, -0.2) is 4.68 Å². The largest absolute Gasteiger partial charge is 0.486 e. The SMILES string of the molecule is O=C(Nc1ccn(-c2ccccc2)n1)c1cc(Cl)c2c(c1)OCCO2. The van der Waals surface area contributed by atoms with E-state index < -0.39 is 0 Å². The third-order valence-electron chi connectivity index (χ3n) is 3.71. The smallest absolute Gasteiger partial charge is 0.257 e. The maximum absolute atomic E-state index is 12.5. The van der Waals surface area contributed by atoms with Gasteiger partial charge in [0.1, 0.15) is 13.2 Å². The number of nitrogens with one attached hydrogen (secondary N) is 1. The Morgan fingerprint density at radius 1 is 1.12 bits per heavy atom. The summed E-state index contributed by atoms with van der Waals surface area (Å²) in [4.78, 5) is 12.5. The fraction of sp³-hybridized carbons (Fsp3) is 0.111. The molecule has 25 heavy (non-hydrogen) atoms. The van der Waals surface area contributed by atoms with E-state index in [1.807, 2.05) is 30.3 Å². The van der Waals surface area contributed by atoms with Crippen LogP contribution in [0.25, 0.3) is 5.69 Å². The van der Waals surface area contributed by atoms with Crippen molar-refractivity contribution in [3.8, 4) is 17.2 Å². The van der Waals surface area contributed by atoms with Crippen LogP contribution in [0.4, 0.5) is 5.82 Å². The molecule has 1 N–H and O–H groups in total. The van der Waals surface area contributed by atoms with Crippen LogP contribution in [0.1, 0.15) is 10.4 Å². The minimum Gasteiger partial charge on any atom is -0.486 e. The zero-order valence-corrected chi connectivity index (χ0v) is 13.9. The second kappa shape index (κ2) is 6.49. The van der Waals surface area contributed by atoms with Crippen LogP contribution < -0.4 is 14.8 Å². The fourth-order valence-electron chi connectivity index (χ4n) is 2.55. The monoisotopic (exact) mass is 355 g/mol. The number of amides is 1. The first-order valence-electron chi connectivity index (χ1n) is 7.72. The van der Waals surface area contributed by atoms with Crippen molar-refractivity contribution in [2.45, 2.75) is 0 Å². The first kappa shape index (κ1) is 15.5. The highest BCUT2D eigenvalue weighted by Crippen LogP contribution is 2.38. The summed E-state index contributed by atoms with van der Waals surface area (Å²) in [7, 11) is 0. The normalized spacial score (nSPS) is 12.7. The van der Waals surface area contributed by atoms with Gasteiger partial charge in [-0.05, 0) is 24.3 Å². The molecule has 3 aromatic rings. The second-order valence-corrected chi connectivity index (χ2v) is 5.82. The molecule has 0 spiro atoms. The lowest BCUT2D eigenvalue weighted by molar-refractivity contribution is 0.102. The molecule has 0 saturated carbocycles. The van der Waals surface area contributed by atoms with Gasteiger partial charge in [0.15, 0.2) is 17.3 Å². The molecule has 0 aliphatic carbocycles. The molecule has 2 aromatic carbocycles. The Balaban J connectivity index is 1.55. The van der Waals surface area contributed by atoms with Gasteiger partial charge in [0.25, 0.3) is 5.91 Å². The van der Waals surface area contributed by atoms with Gasteiger partial charge in [-0.1, -0.05) is 29.8 Å². The van der Waals surface area contributed by atoms with E-state index in [2.05, 4.69) is 10.4 Å². The van der Waals surface area contributed by atoms with Crippen molar-refractivity contribution in [2.24, 2.45) is 0 Å². The number of rotatable bonds is 3. The highest BCUT2D eigenvalue weighted by molar-refractivity contribution is 6.32. The number of hydrogen-bond acceptors (Lipinski definition) is 4. The number of fused-ring (bicyclic) bond motifs is 1. The van der Waals surface area contributed by atoms with E-state index in [9.17, 15) is 4.79 Å². The minimum atomic E-state index is -0.322. The first-order chi connectivity index (χ1) is 12.2. The molecular formula is C18H14ClN3O3. The predicted octanol–water partition coefficient (Wildman–Crippen LogP) is 3.55. The van der Waals surface area contributed by atoms with Crippen LogP contribution >= 0.6 is 11.6 Å². The standard InChI is InChI=1S/C18H14ClN3O3/c19-14-10-12(11-15-17(14)25-9-8-24-15)18(23)20-16-6-7-22(21-16)13-4-2-1-3-5-13/h1-7,10-11H,8-9H2,(H,20,21,23). The Bertz CT molecular complexity index is 925. The number of ether oxygens (including phenoxy) is 2. The molecule has 7 heteroatoms. The quantitative estimate of drug-likeness (QED) is 0.780. The number of carbonyl (C=O) groups is 1. The number of para-hydroxylation sites is 1. The number of benzene rings is 2. The predicted molar refractivity (Wildman–Crippen MR) is 94.0 cm³/mol. The first-order valence-corrected chi connectivity index (χ1v) is 8.10. The Morgan fingerprint density at radius 3 is 2.76 bits per heavy atom. The van der Waals surface area contributed by atoms with E-state index in [0.29, 0.717) is 41.1 Å². The molecule has 0 unspecified atom stereocenters. The number of halogens is 1. The molecule has 0 radical (unpaired) electrons. The van der Waals surface area contributed by atoms with Crippen molar-refractivity contribution in [1.82, 2.24) is 9.78 Å². The van der Waals surface area contributed by atoms with Crippen LogP contribution in [0.3, 0.4) is 0 Å². The molecule has 2 heterocycles. The molecule has 0 bridgehead atoms. The topological polar surface area (TPSA) is 65.4 Å². The van der Waals surface area contributed by atoms with Crippen molar-refractivity contribution in [2.75, 3.05) is 18.5 Å². The zero-order valence-electron chi connectivity index (χ0n) is 13.1. The van der Waals surface area contributed by atoms with Gasteiger partial charge < -0.3 is 14.8 Å². The van der Waals surface area contributed by atoms with Crippen LogP contribution in [0, 0.1) is 0 Å². The summed E-state index contributed by atoms with van der Waals surface area (Å²) in [6, 6.07) is 14.5. The molecule has 6 nitrogen and oxygen atoms in total. The molecule has 1 aromatic heterocycles. The average Bonchev–Trinajstić information content (AvgIpc) is 3.11. The van der Waals surface area contributed by atoms with Crippen molar-refractivity contribution < 1.29 is 14.3 Å². The molecule has 0 saturated heterocycles. The van der Waals surface area contributed by atoms with Crippen molar-refractivity contribution in [1.29, 1.82) is 0 Å². The molecule has 1 aliphatic rings. The van der Waals surface area contributed by atoms with E-state index in [0.717, 1.165) is 5.69 Å². The molecule has 0 atom stereocenters. The highest BCUT2D eigenvalue weighted by Gasteiger charge is 2.19. The van der Waals surface area contributed by atoms with Gasteiger partial charge in [-0.2, -0.15) is 5.10 Å². The molecule has 1 aliphatic heterocycles. The van der Waals surface area contributed by atoms with Gasteiger partial charge in [-0.15, -0.1) is 0 Å². The summed E-state index contributed by atoms with van der Waals surface area (Å²) >= 11 is 6.17. The lowest BCUT2D eigenvalue weighted by Crippen LogP contribution is -2.18. The summed E-state index contributed by atoms with van der Waals surface area (Å²) in [6.07, 6.45) is 1.78. The molecule has 0 fully saturated rings. The van der Waals surface area contributed by atoms with Crippen LogP contribution in [0.15, 0.2) is 54.7 Å². The summed E-state index contributed by atoms with van der Waals surface area (Å²) in [5, 5.41) is 7.45. The lowest BCUT2D eigenvalue weighted by atomic mass is 10.2. The summed E-state index contributed by atoms with van der Waals surface area (Å²) in [5.74, 6) is 1.06. The van der Waals surface area contributed by atoms with Gasteiger partial charge in [0.05, 0.1) is 10.7 Å². The Hall–Kier alpha value is -2.99. The fourth-order valence-corrected chi connectivity index (χ4v) is 2.81. The Kier molecular flexibility index (Phi) is 4.03. The van der Waals surface area contributed by atoms with E-state index in [1.165, 1.54) is 0 Å².